The minimum Gasteiger partial charge on any atom is -0.497 e. The van der Waals surface area contributed by atoms with E-state index in [1.165, 1.54) is 11.1 Å². The normalized spacial score (nSPS) is 22.7. The Balaban J connectivity index is 1.63. The zero-order chi connectivity index (χ0) is 19.1. The Morgan fingerprint density at radius 3 is 2.52 bits per heavy atom. The van der Waals surface area contributed by atoms with E-state index < -0.39 is 0 Å². The zero-order valence-corrected chi connectivity index (χ0v) is 16.9. The smallest absolute Gasteiger partial charge is 0.118 e. The number of methoxy groups -OCH3 is 1. The second-order valence-corrected chi connectivity index (χ2v) is 8.03. The van der Waals surface area contributed by atoms with Crippen LogP contribution in [-0.2, 0) is 16.7 Å². The fourth-order valence-corrected chi connectivity index (χ4v) is 4.11. The predicted molar refractivity (Wildman–Crippen MR) is 111 cm³/mol. The molecular weight excluding hydrogens is 334 g/mol. The van der Waals surface area contributed by atoms with Crippen LogP contribution in [0.4, 0.5) is 0 Å². The van der Waals surface area contributed by atoms with Crippen LogP contribution in [0.1, 0.15) is 44.2 Å². The summed E-state index contributed by atoms with van der Waals surface area (Å²) in [5.41, 5.74) is 2.96. The monoisotopic (exact) mass is 367 g/mol. The van der Waals surface area contributed by atoms with Crippen molar-refractivity contribution in [1.82, 2.24) is 5.32 Å². The van der Waals surface area contributed by atoms with Crippen molar-refractivity contribution in [2.75, 3.05) is 20.3 Å². The van der Waals surface area contributed by atoms with E-state index in [4.69, 9.17) is 9.47 Å². The molecule has 3 heteroatoms. The van der Waals surface area contributed by atoms with Gasteiger partial charge >= 0.3 is 0 Å². The Bertz CT molecular complexity index is 683. The minimum absolute atomic E-state index is 0.210. The molecule has 1 aliphatic rings. The number of nitrogens with one attached hydrogen (secondary N) is 1. The van der Waals surface area contributed by atoms with Crippen LogP contribution in [0, 0.1) is 5.92 Å². The van der Waals surface area contributed by atoms with Crippen molar-refractivity contribution in [3.05, 3.63) is 65.7 Å². The molecule has 0 spiro atoms. The highest BCUT2D eigenvalue weighted by Crippen LogP contribution is 2.41. The van der Waals surface area contributed by atoms with E-state index in [9.17, 15) is 0 Å². The first kappa shape index (κ1) is 19.9. The van der Waals surface area contributed by atoms with Crippen molar-refractivity contribution in [2.45, 2.75) is 51.2 Å². The molecule has 0 amide bonds. The van der Waals surface area contributed by atoms with Crippen molar-refractivity contribution in [2.24, 2.45) is 5.92 Å². The Morgan fingerprint density at radius 2 is 1.85 bits per heavy atom. The van der Waals surface area contributed by atoms with Gasteiger partial charge in [-0.2, -0.15) is 0 Å². The van der Waals surface area contributed by atoms with Crippen molar-refractivity contribution >= 4 is 0 Å². The van der Waals surface area contributed by atoms with Gasteiger partial charge < -0.3 is 14.8 Å². The Labute approximate surface area is 164 Å². The molecule has 0 radical (unpaired) electrons. The molecule has 3 nitrogen and oxygen atoms in total. The first-order chi connectivity index (χ1) is 13.1. The standard InChI is InChI=1S/C24H33NO2/c1-19(2)23-17-24(14-16-27-23,21-7-5-4-6-8-21)13-15-25-18-20-9-11-22(26-3)12-10-20/h4-12,19,23,25H,13-18H2,1-3H3/t23-,24-/m1/s1. The van der Waals surface area contributed by atoms with E-state index in [-0.39, 0.29) is 5.41 Å². The van der Waals surface area contributed by atoms with Gasteiger partial charge in [-0.15, -0.1) is 0 Å². The van der Waals surface area contributed by atoms with Gasteiger partial charge in [-0.25, -0.2) is 0 Å². The summed E-state index contributed by atoms with van der Waals surface area (Å²) in [6, 6.07) is 19.3. The highest BCUT2D eigenvalue weighted by atomic mass is 16.5. The summed E-state index contributed by atoms with van der Waals surface area (Å²) in [6.45, 7) is 7.29. The molecule has 3 rings (SSSR count). The van der Waals surface area contributed by atoms with Gasteiger partial charge in [0.15, 0.2) is 0 Å². The van der Waals surface area contributed by atoms with Gasteiger partial charge in [0.2, 0.25) is 0 Å². The first-order valence-electron chi connectivity index (χ1n) is 10.1. The van der Waals surface area contributed by atoms with Crippen LogP contribution < -0.4 is 10.1 Å². The molecule has 1 N–H and O–H groups in total. The van der Waals surface area contributed by atoms with Crippen LogP contribution in [0.25, 0.3) is 0 Å². The quantitative estimate of drug-likeness (QED) is 0.670. The molecule has 0 aliphatic carbocycles. The zero-order valence-electron chi connectivity index (χ0n) is 16.9. The molecule has 0 unspecified atom stereocenters. The molecule has 1 heterocycles. The second-order valence-electron chi connectivity index (χ2n) is 8.03. The molecule has 0 bridgehead atoms. The van der Waals surface area contributed by atoms with E-state index in [1.807, 2.05) is 12.1 Å². The molecule has 0 saturated carbocycles. The maximum absolute atomic E-state index is 6.08. The molecule has 27 heavy (non-hydrogen) atoms. The average molecular weight is 368 g/mol. The molecule has 2 aromatic carbocycles. The third kappa shape index (κ3) is 5.12. The Morgan fingerprint density at radius 1 is 1.11 bits per heavy atom. The second kappa shape index (κ2) is 9.38. The number of benzene rings is 2. The van der Waals surface area contributed by atoms with E-state index in [1.54, 1.807) is 7.11 Å². The summed E-state index contributed by atoms with van der Waals surface area (Å²) in [6.07, 6.45) is 3.70. The van der Waals surface area contributed by atoms with E-state index in [2.05, 4.69) is 61.6 Å². The fraction of sp³-hybridized carbons (Fsp3) is 0.500. The molecule has 1 fully saturated rings. The highest BCUT2D eigenvalue weighted by molar-refractivity contribution is 5.28. The van der Waals surface area contributed by atoms with Crippen molar-refractivity contribution in [3.8, 4) is 5.75 Å². The molecule has 146 valence electrons. The third-order valence-corrected chi connectivity index (χ3v) is 5.90. The maximum Gasteiger partial charge on any atom is 0.118 e. The average Bonchev–Trinajstić information content (AvgIpc) is 2.72. The van der Waals surface area contributed by atoms with Crippen LogP contribution in [0.3, 0.4) is 0 Å². The van der Waals surface area contributed by atoms with Crippen LogP contribution in [0.15, 0.2) is 54.6 Å². The largest absolute Gasteiger partial charge is 0.497 e. The summed E-state index contributed by atoms with van der Waals surface area (Å²) in [5.74, 6) is 1.46. The van der Waals surface area contributed by atoms with Gasteiger partial charge in [0.05, 0.1) is 13.2 Å². The number of ether oxygens (including phenoxy) is 2. The number of rotatable bonds is 8. The molecule has 0 aromatic heterocycles. The lowest BCUT2D eigenvalue weighted by molar-refractivity contribution is -0.0469. The minimum atomic E-state index is 0.210. The molecule has 2 aromatic rings. The third-order valence-electron chi connectivity index (χ3n) is 5.90. The van der Waals surface area contributed by atoms with Gasteiger partial charge in [0.1, 0.15) is 5.75 Å². The lowest BCUT2D eigenvalue weighted by atomic mass is 9.68. The Kier molecular flexibility index (Phi) is 6.92. The fourth-order valence-electron chi connectivity index (χ4n) is 4.11. The van der Waals surface area contributed by atoms with Crippen molar-refractivity contribution in [1.29, 1.82) is 0 Å². The predicted octanol–water partition coefficient (Wildman–Crippen LogP) is 4.95. The van der Waals surface area contributed by atoms with E-state index in [0.717, 1.165) is 44.7 Å². The van der Waals surface area contributed by atoms with Gasteiger partial charge in [0.25, 0.3) is 0 Å². The summed E-state index contributed by atoms with van der Waals surface area (Å²) in [7, 11) is 1.70. The summed E-state index contributed by atoms with van der Waals surface area (Å²) >= 11 is 0. The summed E-state index contributed by atoms with van der Waals surface area (Å²) in [5, 5.41) is 3.64. The van der Waals surface area contributed by atoms with Crippen molar-refractivity contribution < 1.29 is 9.47 Å². The van der Waals surface area contributed by atoms with Crippen LogP contribution >= 0.6 is 0 Å². The van der Waals surface area contributed by atoms with Gasteiger partial charge in [-0.1, -0.05) is 56.3 Å². The number of hydrogen-bond donors (Lipinski definition) is 1. The van der Waals surface area contributed by atoms with Crippen LogP contribution in [0.5, 0.6) is 5.75 Å². The van der Waals surface area contributed by atoms with E-state index >= 15 is 0 Å². The topological polar surface area (TPSA) is 30.5 Å². The lowest BCUT2D eigenvalue weighted by Crippen LogP contribution is -2.42. The Hall–Kier alpha value is -1.84. The van der Waals surface area contributed by atoms with Gasteiger partial charge in [-0.05, 0) is 55.0 Å². The van der Waals surface area contributed by atoms with Crippen LogP contribution in [0.2, 0.25) is 0 Å². The van der Waals surface area contributed by atoms with Gasteiger partial charge in [-0.3, -0.25) is 0 Å². The molecular formula is C24H33NO2. The van der Waals surface area contributed by atoms with Gasteiger partial charge in [0, 0.05) is 18.6 Å². The van der Waals surface area contributed by atoms with Crippen LogP contribution in [-0.4, -0.2) is 26.4 Å². The lowest BCUT2D eigenvalue weighted by Gasteiger charge is -2.43. The van der Waals surface area contributed by atoms with Crippen molar-refractivity contribution in [3.63, 3.8) is 0 Å². The molecule has 1 aliphatic heterocycles. The molecule has 2 atom stereocenters. The molecule has 1 saturated heterocycles. The van der Waals surface area contributed by atoms with E-state index in [0.29, 0.717) is 12.0 Å². The highest BCUT2D eigenvalue weighted by Gasteiger charge is 2.38. The summed E-state index contributed by atoms with van der Waals surface area (Å²) in [4.78, 5) is 0. The maximum atomic E-state index is 6.08. The SMILES string of the molecule is COc1ccc(CNCC[C@@]2(c3ccccc3)CCO[C@@H](C(C)C)C2)cc1. The number of hydrogen-bond acceptors (Lipinski definition) is 3. The summed E-state index contributed by atoms with van der Waals surface area (Å²) < 4.78 is 11.3. The first-order valence-corrected chi connectivity index (χ1v) is 10.1.